The summed E-state index contributed by atoms with van der Waals surface area (Å²) in [5, 5.41) is 3.28. The maximum absolute atomic E-state index is 12.4. The highest BCUT2D eigenvalue weighted by molar-refractivity contribution is 5.98. The van der Waals surface area contributed by atoms with Gasteiger partial charge in [-0.25, -0.2) is 0 Å². The van der Waals surface area contributed by atoms with E-state index in [0.717, 1.165) is 25.1 Å². The Morgan fingerprint density at radius 2 is 2.24 bits per heavy atom. The molecule has 0 aliphatic carbocycles. The molecule has 0 aromatic heterocycles. The van der Waals surface area contributed by atoms with E-state index < -0.39 is 0 Å². The van der Waals surface area contributed by atoms with Crippen molar-refractivity contribution in [2.45, 2.75) is 19.4 Å². The summed E-state index contributed by atoms with van der Waals surface area (Å²) in [6.07, 6.45) is 0.835. The van der Waals surface area contributed by atoms with Crippen LogP contribution in [0.1, 0.15) is 23.7 Å². The van der Waals surface area contributed by atoms with Gasteiger partial charge in [0.05, 0.1) is 12.7 Å². The van der Waals surface area contributed by atoms with Crippen LogP contribution in [-0.4, -0.2) is 31.6 Å². The van der Waals surface area contributed by atoms with Gasteiger partial charge in [-0.15, -0.1) is 0 Å². The molecule has 0 saturated carbocycles. The van der Waals surface area contributed by atoms with E-state index in [1.54, 1.807) is 0 Å². The first-order chi connectivity index (χ1) is 8.33. The number of benzene rings is 1. The second-order valence-corrected chi connectivity index (χ2v) is 4.36. The number of hydrogen-bond donors (Lipinski definition) is 1. The number of carbonyl (C=O) groups excluding carboxylic acids is 1. The fraction of sp³-hybridized carbons (Fsp3) is 0.500. The van der Waals surface area contributed by atoms with E-state index in [9.17, 15) is 4.79 Å². The van der Waals surface area contributed by atoms with Crippen LogP contribution in [0.25, 0.3) is 0 Å². The molecular weight excluding hydrogens is 214 g/mol. The molecule has 17 heavy (non-hydrogen) atoms. The molecule has 0 bridgehead atoms. The van der Waals surface area contributed by atoms with Gasteiger partial charge in [-0.2, -0.15) is 0 Å². The lowest BCUT2D eigenvalue weighted by Crippen LogP contribution is -2.44. The second kappa shape index (κ2) is 5.94. The Hall–Kier alpha value is -1.19. The Morgan fingerprint density at radius 1 is 1.47 bits per heavy atom. The average molecular weight is 233 g/mol. The van der Waals surface area contributed by atoms with Crippen LogP contribution in [0.4, 0.5) is 0 Å². The molecule has 0 amide bonds. The van der Waals surface area contributed by atoms with Crippen molar-refractivity contribution in [3.05, 3.63) is 35.9 Å². The highest BCUT2D eigenvalue weighted by atomic mass is 16.5. The molecule has 1 aliphatic heterocycles. The molecule has 1 saturated heterocycles. The molecule has 1 aromatic carbocycles. The van der Waals surface area contributed by atoms with E-state index >= 15 is 0 Å². The SMILES string of the molecule is CCC(C(=O)c1ccccc1)C1CNCCO1. The molecule has 2 unspecified atom stereocenters. The van der Waals surface area contributed by atoms with Gasteiger partial charge in [0.1, 0.15) is 0 Å². The molecule has 0 spiro atoms. The Morgan fingerprint density at radius 3 is 2.82 bits per heavy atom. The van der Waals surface area contributed by atoms with E-state index in [4.69, 9.17) is 4.74 Å². The zero-order chi connectivity index (χ0) is 12.1. The van der Waals surface area contributed by atoms with E-state index in [1.165, 1.54) is 0 Å². The Kier molecular flexibility index (Phi) is 4.29. The molecule has 0 radical (unpaired) electrons. The third kappa shape index (κ3) is 2.93. The third-order valence-electron chi connectivity index (χ3n) is 3.24. The van der Waals surface area contributed by atoms with Gasteiger partial charge >= 0.3 is 0 Å². The topological polar surface area (TPSA) is 38.3 Å². The number of morpholine rings is 1. The van der Waals surface area contributed by atoms with Gasteiger partial charge in [0, 0.05) is 24.6 Å². The van der Waals surface area contributed by atoms with Gasteiger partial charge in [-0.1, -0.05) is 37.3 Å². The first-order valence-electron chi connectivity index (χ1n) is 6.24. The van der Waals surface area contributed by atoms with Crippen LogP contribution in [-0.2, 0) is 4.74 Å². The minimum absolute atomic E-state index is 0.0152. The monoisotopic (exact) mass is 233 g/mol. The minimum atomic E-state index is -0.0369. The molecule has 2 atom stereocenters. The summed E-state index contributed by atoms with van der Waals surface area (Å²) >= 11 is 0. The number of nitrogens with one attached hydrogen (secondary N) is 1. The average Bonchev–Trinajstić information content (AvgIpc) is 2.42. The first kappa shape index (κ1) is 12.3. The summed E-state index contributed by atoms with van der Waals surface area (Å²) in [5.74, 6) is 0.159. The van der Waals surface area contributed by atoms with Crippen LogP contribution < -0.4 is 5.32 Å². The Labute approximate surface area is 102 Å². The van der Waals surface area contributed by atoms with Gasteiger partial charge < -0.3 is 10.1 Å². The normalized spacial score (nSPS) is 22.1. The molecule has 1 N–H and O–H groups in total. The Balaban J connectivity index is 2.09. The van der Waals surface area contributed by atoms with Crippen molar-refractivity contribution in [2.75, 3.05) is 19.7 Å². The predicted molar refractivity (Wildman–Crippen MR) is 67.2 cm³/mol. The molecule has 3 heteroatoms. The van der Waals surface area contributed by atoms with Crippen LogP contribution in [0.5, 0.6) is 0 Å². The van der Waals surface area contributed by atoms with Crippen molar-refractivity contribution in [1.82, 2.24) is 5.32 Å². The standard InChI is InChI=1S/C14H19NO2/c1-2-12(13-10-15-8-9-17-13)14(16)11-6-4-3-5-7-11/h3-7,12-13,15H,2,8-10H2,1H3. The van der Waals surface area contributed by atoms with Crippen molar-refractivity contribution >= 4 is 5.78 Å². The quantitative estimate of drug-likeness (QED) is 0.807. The zero-order valence-electron chi connectivity index (χ0n) is 10.2. The summed E-state index contributed by atoms with van der Waals surface area (Å²) in [4.78, 5) is 12.4. The van der Waals surface area contributed by atoms with Gasteiger partial charge in [0.2, 0.25) is 0 Å². The fourth-order valence-electron chi connectivity index (χ4n) is 2.28. The van der Waals surface area contributed by atoms with Crippen LogP contribution in [0, 0.1) is 5.92 Å². The van der Waals surface area contributed by atoms with E-state index in [0.29, 0.717) is 6.61 Å². The number of ether oxygens (including phenoxy) is 1. The lowest BCUT2D eigenvalue weighted by Gasteiger charge is -2.29. The molecule has 92 valence electrons. The van der Waals surface area contributed by atoms with E-state index in [-0.39, 0.29) is 17.8 Å². The number of rotatable bonds is 4. The molecule has 2 rings (SSSR count). The summed E-state index contributed by atoms with van der Waals surface area (Å²) in [5.41, 5.74) is 0.786. The summed E-state index contributed by atoms with van der Waals surface area (Å²) in [6.45, 7) is 4.40. The molecule has 1 aliphatic rings. The predicted octanol–water partition coefficient (Wildman–Crippen LogP) is 1.88. The first-order valence-corrected chi connectivity index (χ1v) is 6.24. The van der Waals surface area contributed by atoms with Crippen molar-refractivity contribution in [2.24, 2.45) is 5.92 Å². The maximum atomic E-state index is 12.4. The van der Waals surface area contributed by atoms with E-state index in [1.807, 2.05) is 37.3 Å². The highest BCUT2D eigenvalue weighted by Crippen LogP contribution is 2.19. The zero-order valence-corrected chi connectivity index (χ0v) is 10.2. The van der Waals surface area contributed by atoms with E-state index in [2.05, 4.69) is 5.32 Å². The third-order valence-corrected chi connectivity index (χ3v) is 3.24. The molecule has 1 aromatic rings. The lowest BCUT2D eigenvalue weighted by molar-refractivity contribution is -0.00514. The van der Waals surface area contributed by atoms with Crippen LogP contribution in [0.3, 0.4) is 0 Å². The highest BCUT2D eigenvalue weighted by Gasteiger charge is 2.29. The second-order valence-electron chi connectivity index (χ2n) is 4.36. The lowest BCUT2D eigenvalue weighted by atomic mass is 9.89. The molecule has 1 heterocycles. The van der Waals surface area contributed by atoms with Gasteiger partial charge in [0.15, 0.2) is 5.78 Å². The molecular formula is C14H19NO2. The number of Topliss-reactive ketones (excluding diaryl/α,β-unsaturated/α-hetero) is 1. The van der Waals surface area contributed by atoms with Crippen LogP contribution >= 0.6 is 0 Å². The van der Waals surface area contributed by atoms with Crippen molar-refractivity contribution in [1.29, 1.82) is 0 Å². The van der Waals surface area contributed by atoms with Crippen molar-refractivity contribution < 1.29 is 9.53 Å². The summed E-state index contributed by atoms with van der Waals surface area (Å²) in [6, 6.07) is 9.48. The van der Waals surface area contributed by atoms with Crippen molar-refractivity contribution in [3.8, 4) is 0 Å². The van der Waals surface area contributed by atoms with Gasteiger partial charge in [0.25, 0.3) is 0 Å². The van der Waals surface area contributed by atoms with Crippen LogP contribution in [0.2, 0.25) is 0 Å². The minimum Gasteiger partial charge on any atom is -0.375 e. The number of carbonyl (C=O) groups is 1. The summed E-state index contributed by atoms with van der Waals surface area (Å²) < 4.78 is 5.69. The molecule has 1 fully saturated rings. The Bertz CT molecular complexity index is 358. The van der Waals surface area contributed by atoms with Gasteiger partial charge in [-0.05, 0) is 6.42 Å². The van der Waals surface area contributed by atoms with Crippen molar-refractivity contribution in [3.63, 3.8) is 0 Å². The van der Waals surface area contributed by atoms with Gasteiger partial charge in [-0.3, -0.25) is 4.79 Å². The van der Waals surface area contributed by atoms with Crippen LogP contribution in [0.15, 0.2) is 30.3 Å². The smallest absolute Gasteiger partial charge is 0.168 e. The molecule has 3 nitrogen and oxygen atoms in total. The maximum Gasteiger partial charge on any atom is 0.168 e. The summed E-state index contributed by atoms with van der Waals surface area (Å²) in [7, 11) is 0. The number of hydrogen-bond acceptors (Lipinski definition) is 3. The largest absolute Gasteiger partial charge is 0.375 e. The number of ketones is 1. The fourth-order valence-corrected chi connectivity index (χ4v) is 2.28.